The SMILES string of the molecule is Cc1cc(C)n2ncc([C@@H]3CC(=O)Nc4nn(Cc5ccccc5)cc43)c2n1. The molecule has 5 rings (SSSR count). The van der Waals surface area contributed by atoms with E-state index in [0.717, 1.165) is 33.7 Å². The van der Waals surface area contributed by atoms with Gasteiger partial charge in [-0.05, 0) is 25.5 Å². The third kappa shape index (κ3) is 2.76. The van der Waals surface area contributed by atoms with E-state index < -0.39 is 0 Å². The van der Waals surface area contributed by atoms with Crippen LogP contribution in [0.3, 0.4) is 0 Å². The van der Waals surface area contributed by atoms with E-state index in [1.54, 1.807) is 0 Å². The minimum atomic E-state index is -0.112. The smallest absolute Gasteiger partial charge is 0.226 e. The summed E-state index contributed by atoms with van der Waals surface area (Å²) >= 11 is 0. The maximum atomic E-state index is 12.4. The summed E-state index contributed by atoms with van der Waals surface area (Å²) in [5, 5.41) is 12.0. The summed E-state index contributed by atoms with van der Waals surface area (Å²) in [5.41, 5.74) is 5.89. The average Bonchev–Trinajstić information content (AvgIpc) is 3.25. The molecule has 1 N–H and O–H groups in total. The Morgan fingerprint density at radius 3 is 2.82 bits per heavy atom. The van der Waals surface area contributed by atoms with Gasteiger partial charge in [0, 0.05) is 41.1 Å². The van der Waals surface area contributed by atoms with Crippen molar-refractivity contribution < 1.29 is 4.79 Å². The number of carbonyl (C=O) groups excluding carboxylic acids is 1. The van der Waals surface area contributed by atoms with Crippen LogP contribution in [0.1, 0.15) is 40.4 Å². The summed E-state index contributed by atoms with van der Waals surface area (Å²) in [7, 11) is 0. The summed E-state index contributed by atoms with van der Waals surface area (Å²) in [6.45, 7) is 4.64. The van der Waals surface area contributed by atoms with Gasteiger partial charge in [0.25, 0.3) is 0 Å². The lowest BCUT2D eigenvalue weighted by Crippen LogP contribution is -2.23. The topological polar surface area (TPSA) is 77.1 Å². The first-order chi connectivity index (χ1) is 13.6. The molecule has 0 fully saturated rings. The zero-order chi connectivity index (χ0) is 19.3. The molecule has 4 aromatic rings. The molecule has 3 aromatic heterocycles. The summed E-state index contributed by atoms with van der Waals surface area (Å²) in [6, 6.07) is 12.2. The lowest BCUT2D eigenvalue weighted by Gasteiger charge is -2.20. The molecule has 1 aliphatic rings. The van der Waals surface area contributed by atoms with E-state index in [1.807, 2.05) is 59.7 Å². The van der Waals surface area contributed by atoms with Gasteiger partial charge in [0.2, 0.25) is 5.91 Å². The van der Waals surface area contributed by atoms with Gasteiger partial charge in [-0.2, -0.15) is 10.2 Å². The van der Waals surface area contributed by atoms with Gasteiger partial charge in [0.05, 0.1) is 12.7 Å². The minimum Gasteiger partial charge on any atom is -0.309 e. The van der Waals surface area contributed by atoms with Crippen LogP contribution in [-0.2, 0) is 11.3 Å². The number of rotatable bonds is 3. The Bertz CT molecular complexity index is 1190. The molecule has 0 unspecified atom stereocenters. The predicted octanol–water partition coefficient (Wildman–Crippen LogP) is 3.07. The second kappa shape index (κ2) is 6.30. The number of hydrogen-bond donors (Lipinski definition) is 1. The molecular weight excluding hydrogens is 352 g/mol. The Labute approximate surface area is 162 Å². The molecule has 7 nitrogen and oxygen atoms in total. The maximum absolute atomic E-state index is 12.4. The Morgan fingerprint density at radius 1 is 1.18 bits per heavy atom. The molecule has 1 aromatic carbocycles. The molecule has 0 spiro atoms. The molecular formula is C21H20N6O. The van der Waals surface area contributed by atoms with Crippen molar-refractivity contribution in [2.75, 3.05) is 5.32 Å². The fourth-order valence-corrected chi connectivity index (χ4v) is 3.93. The van der Waals surface area contributed by atoms with Crippen molar-refractivity contribution in [1.29, 1.82) is 0 Å². The molecule has 0 saturated heterocycles. The fourth-order valence-electron chi connectivity index (χ4n) is 3.93. The van der Waals surface area contributed by atoms with Crippen LogP contribution in [0.4, 0.5) is 5.82 Å². The van der Waals surface area contributed by atoms with Crippen molar-refractivity contribution in [2.45, 2.75) is 32.7 Å². The van der Waals surface area contributed by atoms with Crippen molar-refractivity contribution in [1.82, 2.24) is 24.4 Å². The number of nitrogens with zero attached hydrogens (tertiary/aromatic N) is 5. The quantitative estimate of drug-likeness (QED) is 0.600. The number of amides is 1. The van der Waals surface area contributed by atoms with Crippen LogP contribution in [0.5, 0.6) is 0 Å². The van der Waals surface area contributed by atoms with Crippen LogP contribution >= 0.6 is 0 Å². The van der Waals surface area contributed by atoms with Crippen molar-refractivity contribution in [2.24, 2.45) is 0 Å². The maximum Gasteiger partial charge on any atom is 0.226 e. The molecule has 7 heteroatoms. The lowest BCUT2D eigenvalue weighted by molar-refractivity contribution is -0.116. The van der Waals surface area contributed by atoms with E-state index in [-0.39, 0.29) is 11.8 Å². The first-order valence-electron chi connectivity index (χ1n) is 9.31. The van der Waals surface area contributed by atoms with E-state index in [9.17, 15) is 4.79 Å². The van der Waals surface area contributed by atoms with Crippen molar-refractivity contribution in [3.05, 3.63) is 76.9 Å². The van der Waals surface area contributed by atoms with E-state index in [4.69, 9.17) is 0 Å². The third-order valence-electron chi connectivity index (χ3n) is 5.18. The van der Waals surface area contributed by atoms with Gasteiger partial charge < -0.3 is 5.32 Å². The number of anilines is 1. The van der Waals surface area contributed by atoms with Gasteiger partial charge in [-0.3, -0.25) is 9.48 Å². The van der Waals surface area contributed by atoms with Gasteiger partial charge >= 0.3 is 0 Å². The molecule has 0 radical (unpaired) electrons. The number of hydrogen-bond acceptors (Lipinski definition) is 4. The highest BCUT2D eigenvalue weighted by Crippen LogP contribution is 2.38. The number of fused-ring (bicyclic) bond motifs is 2. The Balaban J connectivity index is 1.59. The molecule has 0 saturated carbocycles. The van der Waals surface area contributed by atoms with Crippen LogP contribution in [0, 0.1) is 13.8 Å². The monoisotopic (exact) mass is 372 g/mol. The Hall–Kier alpha value is -3.48. The molecule has 0 aliphatic carbocycles. The average molecular weight is 372 g/mol. The number of nitrogens with one attached hydrogen (secondary N) is 1. The number of aryl methyl sites for hydroxylation is 2. The molecule has 140 valence electrons. The van der Waals surface area contributed by atoms with Crippen LogP contribution in [0.2, 0.25) is 0 Å². The Kier molecular flexibility index (Phi) is 3.75. The van der Waals surface area contributed by atoms with Crippen molar-refractivity contribution >= 4 is 17.4 Å². The van der Waals surface area contributed by atoms with E-state index in [0.29, 0.717) is 18.8 Å². The number of benzene rings is 1. The van der Waals surface area contributed by atoms with Gasteiger partial charge in [-0.25, -0.2) is 9.50 Å². The Morgan fingerprint density at radius 2 is 2.00 bits per heavy atom. The van der Waals surface area contributed by atoms with Gasteiger partial charge in [-0.1, -0.05) is 30.3 Å². The van der Waals surface area contributed by atoms with Gasteiger partial charge in [-0.15, -0.1) is 0 Å². The van der Waals surface area contributed by atoms with E-state index in [2.05, 4.69) is 32.6 Å². The highest BCUT2D eigenvalue weighted by atomic mass is 16.1. The van der Waals surface area contributed by atoms with Crippen LogP contribution in [0.15, 0.2) is 48.8 Å². The zero-order valence-corrected chi connectivity index (χ0v) is 15.8. The number of aromatic nitrogens is 5. The highest BCUT2D eigenvalue weighted by Gasteiger charge is 2.32. The zero-order valence-electron chi connectivity index (χ0n) is 15.8. The highest BCUT2D eigenvalue weighted by molar-refractivity contribution is 5.94. The normalized spacial score (nSPS) is 16.2. The summed E-state index contributed by atoms with van der Waals surface area (Å²) in [6.07, 6.45) is 4.22. The molecule has 4 heterocycles. The molecule has 28 heavy (non-hydrogen) atoms. The number of carbonyl (C=O) groups is 1. The van der Waals surface area contributed by atoms with E-state index in [1.165, 1.54) is 0 Å². The van der Waals surface area contributed by atoms with E-state index >= 15 is 0 Å². The lowest BCUT2D eigenvalue weighted by atomic mass is 9.89. The molecule has 1 atom stereocenters. The first kappa shape index (κ1) is 16.7. The molecule has 1 aliphatic heterocycles. The van der Waals surface area contributed by atoms with Gasteiger partial charge in [0.15, 0.2) is 11.5 Å². The standard InChI is InChI=1S/C21H20N6O/c1-13-8-14(2)27-21(23-13)17(10-22-27)16-9-19(28)24-20-18(16)12-26(25-20)11-15-6-4-3-5-7-15/h3-8,10,12,16H,9,11H2,1-2H3,(H,24,25,28)/t16-/m0/s1. The predicted molar refractivity (Wildman–Crippen MR) is 105 cm³/mol. The van der Waals surface area contributed by atoms with Crippen LogP contribution in [-0.4, -0.2) is 30.3 Å². The second-order valence-corrected chi connectivity index (χ2v) is 7.30. The second-order valence-electron chi connectivity index (χ2n) is 7.30. The van der Waals surface area contributed by atoms with Crippen molar-refractivity contribution in [3.8, 4) is 0 Å². The molecule has 0 bridgehead atoms. The fraction of sp³-hybridized carbons (Fsp3) is 0.238. The summed E-state index contributed by atoms with van der Waals surface area (Å²) in [5.74, 6) is 0.478. The third-order valence-corrected chi connectivity index (χ3v) is 5.18. The largest absolute Gasteiger partial charge is 0.309 e. The molecule has 1 amide bonds. The summed E-state index contributed by atoms with van der Waals surface area (Å²) < 4.78 is 3.72. The van der Waals surface area contributed by atoms with Crippen LogP contribution < -0.4 is 5.32 Å². The first-order valence-corrected chi connectivity index (χ1v) is 9.31. The van der Waals surface area contributed by atoms with Crippen molar-refractivity contribution in [3.63, 3.8) is 0 Å². The summed E-state index contributed by atoms with van der Waals surface area (Å²) in [4.78, 5) is 17.0. The van der Waals surface area contributed by atoms with Crippen LogP contribution in [0.25, 0.3) is 5.65 Å². The minimum absolute atomic E-state index is 0.0359. The van der Waals surface area contributed by atoms with Gasteiger partial charge in [0.1, 0.15) is 0 Å².